The van der Waals surface area contributed by atoms with Crippen LogP contribution in [-0.2, 0) is 9.59 Å². The highest BCUT2D eigenvalue weighted by molar-refractivity contribution is 5.63. The summed E-state index contributed by atoms with van der Waals surface area (Å²) in [4.78, 5) is 18.0. The van der Waals surface area contributed by atoms with E-state index < -0.39 is 11.9 Å². The first-order valence-corrected chi connectivity index (χ1v) is 9.98. The van der Waals surface area contributed by atoms with E-state index in [1.54, 1.807) is 0 Å². The van der Waals surface area contributed by atoms with Crippen LogP contribution in [-0.4, -0.2) is 46.6 Å². The third-order valence-corrected chi connectivity index (χ3v) is 2.82. The monoisotopic (exact) mass is 460 g/mol. The molecule has 0 saturated heterocycles. The predicted molar refractivity (Wildman–Crippen MR) is 136 cm³/mol. The van der Waals surface area contributed by atoms with E-state index in [1.165, 1.54) is 16.7 Å². The van der Waals surface area contributed by atoms with Gasteiger partial charge < -0.3 is 20.4 Å². The molecule has 3 aromatic rings. The van der Waals surface area contributed by atoms with Crippen LogP contribution in [0.1, 0.15) is 30.5 Å². The topological polar surface area (TPSA) is 115 Å². The lowest BCUT2D eigenvalue weighted by atomic mass is 10.2. The average molecular weight is 461 g/mol. The maximum absolute atomic E-state index is 9.00. The van der Waals surface area contributed by atoms with Crippen molar-refractivity contribution in [2.45, 2.75) is 34.6 Å². The predicted octanol–water partition coefficient (Wildman–Crippen LogP) is 5.38. The van der Waals surface area contributed by atoms with Crippen LogP contribution in [0.3, 0.4) is 0 Å². The van der Waals surface area contributed by atoms with Crippen molar-refractivity contribution in [2.24, 2.45) is 0 Å². The first kappa shape index (κ1) is 36.9. The molecule has 3 rings (SSSR count). The van der Waals surface area contributed by atoms with Gasteiger partial charge in [0.1, 0.15) is 0 Å². The molecule has 6 nitrogen and oxygen atoms in total. The molecule has 6 heteroatoms. The van der Waals surface area contributed by atoms with E-state index in [9.17, 15) is 0 Å². The van der Waals surface area contributed by atoms with Crippen LogP contribution in [0.2, 0.25) is 0 Å². The standard InChI is InChI=1S/3C7H8.2C2H4O2.2CH4O/c3*1-7-5-3-2-4-6-7;2*1-2(3)4;2*1-2/h3*2-6H,1H3;2*1H3,(H,3,4);2*2H,1H3. The number of benzene rings is 3. The fraction of sp³-hybridized carbons (Fsp3) is 0.259. The first-order chi connectivity index (χ1) is 15.6. The normalized spacial score (nSPS) is 7.42. The molecule has 0 aliphatic heterocycles. The molecule has 0 aliphatic carbocycles. The number of hydrogen-bond acceptors (Lipinski definition) is 4. The lowest BCUT2D eigenvalue weighted by Crippen LogP contribution is -1.78. The van der Waals surface area contributed by atoms with Crippen molar-refractivity contribution < 1.29 is 30.0 Å². The lowest BCUT2D eigenvalue weighted by Gasteiger charge is -1.82. The van der Waals surface area contributed by atoms with Gasteiger partial charge in [0.15, 0.2) is 0 Å². The Balaban J connectivity index is -0.000000156. The molecule has 3 aromatic carbocycles. The van der Waals surface area contributed by atoms with Gasteiger partial charge in [-0.25, -0.2) is 0 Å². The Labute approximate surface area is 198 Å². The van der Waals surface area contributed by atoms with Crippen LogP contribution < -0.4 is 0 Å². The van der Waals surface area contributed by atoms with Gasteiger partial charge in [-0.2, -0.15) is 0 Å². The van der Waals surface area contributed by atoms with Crippen molar-refractivity contribution >= 4 is 11.9 Å². The number of carboxylic acid groups (broad SMARTS) is 2. The second-order valence-corrected chi connectivity index (χ2v) is 6.00. The Bertz CT molecular complexity index is 651. The summed E-state index contributed by atoms with van der Waals surface area (Å²) in [6, 6.07) is 30.8. The molecule has 184 valence electrons. The van der Waals surface area contributed by atoms with Gasteiger partial charge in [-0.1, -0.05) is 108 Å². The highest BCUT2D eigenvalue weighted by atomic mass is 16.4. The van der Waals surface area contributed by atoms with Crippen molar-refractivity contribution in [1.29, 1.82) is 0 Å². The molecule has 0 aromatic heterocycles. The fourth-order valence-electron chi connectivity index (χ4n) is 1.60. The first-order valence-electron chi connectivity index (χ1n) is 9.98. The number of carboxylic acids is 2. The van der Waals surface area contributed by atoms with Gasteiger partial charge in [-0.05, 0) is 20.8 Å². The second kappa shape index (κ2) is 30.7. The number of aryl methyl sites for hydroxylation is 3. The molecule has 0 aliphatic rings. The summed E-state index contributed by atoms with van der Waals surface area (Å²) in [6.07, 6.45) is 0. The molecule has 4 N–H and O–H groups in total. The number of hydrogen-bond donors (Lipinski definition) is 4. The number of aliphatic hydroxyl groups is 2. The highest BCUT2D eigenvalue weighted by Crippen LogP contribution is 1.93. The van der Waals surface area contributed by atoms with E-state index in [0.29, 0.717) is 0 Å². The third kappa shape index (κ3) is 47.6. The van der Waals surface area contributed by atoms with Gasteiger partial charge in [-0.15, -0.1) is 0 Å². The third-order valence-electron chi connectivity index (χ3n) is 2.82. The van der Waals surface area contributed by atoms with Gasteiger partial charge >= 0.3 is 0 Å². The molecule has 0 unspecified atom stereocenters. The highest BCUT2D eigenvalue weighted by Gasteiger charge is 1.73. The Hall–Kier alpha value is -3.48. The quantitative estimate of drug-likeness (QED) is 0.358. The SMILES string of the molecule is CC(=O)O.CC(=O)O.CO.CO.Cc1ccccc1.Cc1ccccc1.Cc1ccccc1. The molecule has 0 bridgehead atoms. The summed E-state index contributed by atoms with van der Waals surface area (Å²) in [6.45, 7) is 8.42. The molecule has 0 spiro atoms. The van der Waals surface area contributed by atoms with Crippen LogP contribution in [0, 0.1) is 20.8 Å². The Kier molecular flexibility index (Phi) is 34.3. The van der Waals surface area contributed by atoms with E-state index in [0.717, 1.165) is 28.1 Å². The smallest absolute Gasteiger partial charge is 0.300 e. The molecule has 33 heavy (non-hydrogen) atoms. The molecule has 0 amide bonds. The minimum atomic E-state index is -0.833. The van der Waals surface area contributed by atoms with E-state index in [4.69, 9.17) is 30.0 Å². The zero-order valence-corrected chi connectivity index (χ0v) is 20.8. The van der Waals surface area contributed by atoms with Crippen LogP contribution in [0.15, 0.2) is 91.0 Å². The molecule has 0 saturated carbocycles. The van der Waals surface area contributed by atoms with E-state index in [2.05, 4.69) is 57.2 Å². The maximum Gasteiger partial charge on any atom is 0.300 e. The summed E-state index contributed by atoms with van der Waals surface area (Å²) in [7, 11) is 2.00. The van der Waals surface area contributed by atoms with Gasteiger partial charge in [0.25, 0.3) is 11.9 Å². The van der Waals surface area contributed by atoms with Gasteiger partial charge in [0.2, 0.25) is 0 Å². The maximum atomic E-state index is 9.00. The summed E-state index contributed by atoms with van der Waals surface area (Å²) < 4.78 is 0. The minimum absolute atomic E-state index is 0.833. The van der Waals surface area contributed by atoms with Gasteiger partial charge in [0, 0.05) is 28.1 Å². The largest absolute Gasteiger partial charge is 0.481 e. The Morgan fingerprint density at radius 3 is 0.636 bits per heavy atom. The number of aliphatic hydroxyl groups excluding tert-OH is 2. The summed E-state index contributed by atoms with van der Waals surface area (Å²) in [5.74, 6) is -1.67. The lowest BCUT2D eigenvalue weighted by molar-refractivity contribution is -0.135. The Morgan fingerprint density at radius 1 is 0.455 bits per heavy atom. The van der Waals surface area contributed by atoms with Crippen molar-refractivity contribution in [3.8, 4) is 0 Å². The van der Waals surface area contributed by atoms with Crippen LogP contribution >= 0.6 is 0 Å². The van der Waals surface area contributed by atoms with Gasteiger partial charge in [0.05, 0.1) is 0 Å². The number of aliphatic carboxylic acids is 2. The molecular weight excluding hydrogens is 420 g/mol. The molecular formula is C27H40O6. The van der Waals surface area contributed by atoms with Crippen molar-refractivity contribution in [3.63, 3.8) is 0 Å². The molecule has 0 heterocycles. The summed E-state index contributed by atoms with van der Waals surface area (Å²) >= 11 is 0. The Morgan fingerprint density at radius 2 is 0.576 bits per heavy atom. The van der Waals surface area contributed by atoms with Crippen LogP contribution in [0.4, 0.5) is 0 Å². The minimum Gasteiger partial charge on any atom is -0.481 e. The van der Waals surface area contributed by atoms with Crippen LogP contribution in [0.5, 0.6) is 0 Å². The van der Waals surface area contributed by atoms with Crippen molar-refractivity contribution in [3.05, 3.63) is 108 Å². The number of rotatable bonds is 0. The summed E-state index contributed by atoms with van der Waals surface area (Å²) in [5.41, 5.74) is 3.97. The van der Waals surface area contributed by atoms with E-state index in [-0.39, 0.29) is 0 Å². The average Bonchev–Trinajstić information content (AvgIpc) is 2.78. The molecule has 0 fully saturated rings. The van der Waals surface area contributed by atoms with E-state index in [1.807, 2.05) is 54.6 Å². The van der Waals surface area contributed by atoms with Crippen LogP contribution in [0.25, 0.3) is 0 Å². The van der Waals surface area contributed by atoms with Crippen molar-refractivity contribution in [1.82, 2.24) is 0 Å². The number of carbonyl (C=O) groups is 2. The van der Waals surface area contributed by atoms with E-state index >= 15 is 0 Å². The second-order valence-electron chi connectivity index (χ2n) is 6.00. The molecule has 0 atom stereocenters. The van der Waals surface area contributed by atoms with Gasteiger partial charge in [-0.3, -0.25) is 9.59 Å². The molecule has 0 radical (unpaired) electrons. The summed E-state index contributed by atoms with van der Waals surface area (Å²) in [5, 5.41) is 28.8. The van der Waals surface area contributed by atoms with Crippen molar-refractivity contribution in [2.75, 3.05) is 14.2 Å². The fourth-order valence-corrected chi connectivity index (χ4v) is 1.60. The zero-order valence-electron chi connectivity index (χ0n) is 20.8. The zero-order chi connectivity index (χ0) is 26.5.